The van der Waals surface area contributed by atoms with Crippen LogP contribution in [-0.4, -0.2) is 15.1 Å². The van der Waals surface area contributed by atoms with Crippen molar-refractivity contribution in [3.05, 3.63) is 28.2 Å². The molecule has 2 heterocycles. The Bertz CT molecular complexity index is 555. The largest absolute Gasteiger partial charge is 0.417 e. The molecule has 0 atom stereocenters. The lowest BCUT2D eigenvalue weighted by atomic mass is 10.2. The van der Waals surface area contributed by atoms with Gasteiger partial charge in [0.25, 0.3) is 0 Å². The molecule has 0 N–H and O–H groups in total. The van der Waals surface area contributed by atoms with E-state index in [1.54, 1.807) is 0 Å². The quantitative estimate of drug-likeness (QED) is 0.804. The average Bonchev–Trinajstić information content (AvgIpc) is 2.63. The molecule has 4 nitrogen and oxygen atoms in total. The zero-order chi connectivity index (χ0) is 12.6. The van der Waals surface area contributed by atoms with Gasteiger partial charge in [0.2, 0.25) is 5.82 Å². The maximum absolute atomic E-state index is 12.3. The van der Waals surface area contributed by atoms with Crippen LogP contribution in [0.5, 0.6) is 0 Å². The lowest BCUT2D eigenvalue weighted by Gasteiger charge is -2.07. The molecule has 0 saturated heterocycles. The second kappa shape index (κ2) is 4.15. The minimum atomic E-state index is -4.51. The molecule has 0 radical (unpaired) electrons. The maximum atomic E-state index is 12.3. The molecular formula is C8H2Cl2F3N3O. The molecule has 0 aromatic carbocycles. The number of halogens is 5. The molecule has 2 aromatic heterocycles. The third kappa shape index (κ3) is 2.50. The smallest absolute Gasteiger partial charge is 0.321 e. The van der Waals surface area contributed by atoms with Crippen LogP contribution < -0.4 is 0 Å². The lowest BCUT2D eigenvalue weighted by Crippen LogP contribution is -2.06. The summed E-state index contributed by atoms with van der Waals surface area (Å²) in [5, 5.41) is 2.90. The van der Waals surface area contributed by atoms with E-state index in [-0.39, 0.29) is 21.9 Å². The third-order valence-corrected chi connectivity index (χ3v) is 2.22. The minimum Gasteiger partial charge on any atom is -0.321 e. The molecule has 0 unspecified atom stereocenters. The van der Waals surface area contributed by atoms with E-state index in [9.17, 15) is 13.2 Å². The van der Waals surface area contributed by atoms with Gasteiger partial charge in [0, 0.05) is 6.20 Å². The number of nitrogens with zero attached hydrogens (tertiary/aromatic N) is 3. The number of alkyl halides is 3. The Morgan fingerprint density at radius 1 is 1.24 bits per heavy atom. The highest BCUT2D eigenvalue weighted by Gasteiger charge is 2.32. The van der Waals surface area contributed by atoms with Gasteiger partial charge in [-0.1, -0.05) is 16.8 Å². The van der Waals surface area contributed by atoms with Gasteiger partial charge >= 0.3 is 11.5 Å². The first-order chi connectivity index (χ1) is 7.88. The van der Waals surface area contributed by atoms with Crippen LogP contribution in [0.4, 0.5) is 13.2 Å². The Hall–Kier alpha value is -1.34. The maximum Gasteiger partial charge on any atom is 0.417 e. The zero-order valence-corrected chi connectivity index (χ0v) is 9.31. The van der Waals surface area contributed by atoms with Gasteiger partial charge in [-0.25, -0.2) is 0 Å². The first-order valence-electron chi connectivity index (χ1n) is 4.10. The predicted octanol–water partition coefficient (Wildman–Crippen LogP) is 3.46. The van der Waals surface area contributed by atoms with Crippen molar-refractivity contribution in [1.29, 1.82) is 0 Å². The number of hydrogen-bond acceptors (Lipinski definition) is 4. The van der Waals surface area contributed by atoms with Gasteiger partial charge in [0.15, 0.2) is 0 Å². The van der Waals surface area contributed by atoms with Gasteiger partial charge in [-0.3, -0.25) is 4.98 Å². The summed E-state index contributed by atoms with van der Waals surface area (Å²) in [5.41, 5.74) is -0.990. The second-order valence-electron chi connectivity index (χ2n) is 2.92. The Kier molecular flexibility index (Phi) is 2.96. The van der Waals surface area contributed by atoms with E-state index >= 15 is 0 Å². The van der Waals surface area contributed by atoms with Crippen molar-refractivity contribution in [2.45, 2.75) is 6.18 Å². The molecule has 0 aliphatic carbocycles. The van der Waals surface area contributed by atoms with Crippen molar-refractivity contribution < 1.29 is 17.7 Å². The van der Waals surface area contributed by atoms with Crippen molar-refractivity contribution in [3.8, 4) is 11.5 Å². The van der Waals surface area contributed by atoms with E-state index in [1.165, 1.54) is 0 Å². The monoisotopic (exact) mass is 283 g/mol. The highest BCUT2D eigenvalue weighted by Crippen LogP contribution is 2.33. The van der Waals surface area contributed by atoms with Gasteiger partial charge in [0.05, 0.1) is 10.6 Å². The van der Waals surface area contributed by atoms with E-state index in [0.29, 0.717) is 6.20 Å². The van der Waals surface area contributed by atoms with Gasteiger partial charge < -0.3 is 4.52 Å². The number of aromatic nitrogens is 3. The summed E-state index contributed by atoms with van der Waals surface area (Å²) in [6.45, 7) is 0. The predicted molar refractivity (Wildman–Crippen MR) is 52.6 cm³/mol. The van der Waals surface area contributed by atoms with Gasteiger partial charge in [-0.05, 0) is 17.7 Å². The Morgan fingerprint density at radius 3 is 2.41 bits per heavy atom. The van der Waals surface area contributed by atoms with E-state index < -0.39 is 11.7 Å². The summed E-state index contributed by atoms with van der Waals surface area (Å²) in [4.78, 5) is 7.13. The molecule has 0 fully saturated rings. The summed E-state index contributed by atoms with van der Waals surface area (Å²) in [7, 11) is 0. The van der Waals surface area contributed by atoms with Crippen LogP contribution >= 0.6 is 23.2 Å². The number of pyridine rings is 1. The summed E-state index contributed by atoms with van der Waals surface area (Å²) in [5.74, 6) is -0.0753. The molecule has 0 aliphatic rings. The standard InChI is InChI=1S/C8H2Cl2F3N3O/c9-4-1-3(8(11,12)13)2-14-5(4)6-15-7(10)17-16-6/h1-2H. The van der Waals surface area contributed by atoms with Gasteiger partial charge in [-0.2, -0.15) is 18.2 Å². The van der Waals surface area contributed by atoms with E-state index in [2.05, 4.69) is 19.6 Å². The molecule has 0 bridgehead atoms. The highest BCUT2D eigenvalue weighted by atomic mass is 35.5. The molecule has 0 spiro atoms. The van der Waals surface area contributed by atoms with E-state index in [1.807, 2.05) is 0 Å². The van der Waals surface area contributed by atoms with Crippen molar-refractivity contribution in [3.63, 3.8) is 0 Å². The molecular weight excluding hydrogens is 282 g/mol. The van der Waals surface area contributed by atoms with Crippen LogP contribution in [0.2, 0.25) is 10.4 Å². The number of rotatable bonds is 1. The Labute approximate surface area is 102 Å². The van der Waals surface area contributed by atoms with Crippen LogP contribution in [0.3, 0.4) is 0 Å². The molecule has 17 heavy (non-hydrogen) atoms. The normalized spacial score (nSPS) is 11.8. The van der Waals surface area contributed by atoms with Crippen LogP contribution in [0.25, 0.3) is 11.5 Å². The molecule has 2 aromatic rings. The van der Waals surface area contributed by atoms with Crippen molar-refractivity contribution in [1.82, 2.24) is 15.1 Å². The topological polar surface area (TPSA) is 51.8 Å². The first kappa shape index (κ1) is 12.1. The lowest BCUT2D eigenvalue weighted by molar-refractivity contribution is -0.137. The van der Waals surface area contributed by atoms with Crippen LogP contribution in [0, 0.1) is 0 Å². The molecule has 0 aliphatic heterocycles. The number of hydrogen-bond donors (Lipinski definition) is 0. The summed E-state index contributed by atoms with van der Waals surface area (Å²) in [6, 6.07) is 0.730. The summed E-state index contributed by atoms with van der Waals surface area (Å²) < 4.78 is 41.5. The second-order valence-corrected chi connectivity index (χ2v) is 3.65. The van der Waals surface area contributed by atoms with Gasteiger partial charge in [-0.15, -0.1) is 0 Å². The van der Waals surface area contributed by atoms with E-state index in [0.717, 1.165) is 6.07 Å². The Morgan fingerprint density at radius 2 is 1.94 bits per heavy atom. The van der Waals surface area contributed by atoms with Crippen LogP contribution in [0.1, 0.15) is 5.56 Å². The molecule has 2 rings (SSSR count). The SMILES string of the molecule is FC(F)(F)c1cnc(-c2noc(Cl)n2)c(Cl)c1. The van der Waals surface area contributed by atoms with Crippen molar-refractivity contribution in [2.24, 2.45) is 0 Å². The van der Waals surface area contributed by atoms with Crippen molar-refractivity contribution in [2.75, 3.05) is 0 Å². The molecule has 0 saturated carbocycles. The Balaban J connectivity index is 2.45. The average molecular weight is 284 g/mol. The minimum absolute atomic E-state index is 0.0321. The van der Waals surface area contributed by atoms with Crippen molar-refractivity contribution >= 4 is 23.2 Å². The first-order valence-corrected chi connectivity index (χ1v) is 4.86. The molecule has 0 amide bonds. The fourth-order valence-corrected chi connectivity index (χ4v) is 1.42. The zero-order valence-electron chi connectivity index (χ0n) is 7.79. The highest BCUT2D eigenvalue weighted by molar-refractivity contribution is 6.33. The molecule has 9 heteroatoms. The fraction of sp³-hybridized carbons (Fsp3) is 0.125. The van der Waals surface area contributed by atoms with E-state index in [4.69, 9.17) is 23.2 Å². The van der Waals surface area contributed by atoms with Gasteiger partial charge in [0.1, 0.15) is 5.69 Å². The third-order valence-electron chi connectivity index (χ3n) is 1.78. The van der Waals surface area contributed by atoms with Crippen LogP contribution in [-0.2, 0) is 6.18 Å². The van der Waals surface area contributed by atoms with Crippen LogP contribution in [0.15, 0.2) is 16.8 Å². The molecule has 90 valence electrons. The fourth-order valence-electron chi connectivity index (χ4n) is 1.06. The summed E-state index contributed by atoms with van der Waals surface area (Å²) in [6.07, 6.45) is -3.88. The summed E-state index contributed by atoms with van der Waals surface area (Å²) >= 11 is 11.0.